The third-order valence-electron chi connectivity index (χ3n) is 3.21. The minimum absolute atomic E-state index is 0.0814. The van der Waals surface area contributed by atoms with E-state index in [1.165, 1.54) is 0 Å². The van der Waals surface area contributed by atoms with Crippen LogP contribution in [0.5, 0.6) is 0 Å². The van der Waals surface area contributed by atoms with Crippen LogP contribution in [0.4, 0.5) is 5.69 Å². The normalized spacial score (nSPS) is 12.6. The van der Waals surface area contributed by atoms with E-state index in [4.69, 9.17) is 0 Å². The van der Waals surface area contributed by atoms with Gasteiger partial charge < -0.3 is 9.88 Å². The van der Waals surface area contributed by atoms with E-state index in [-0.39, 0.29) is 16.5 Å². The maximum atomic E-state index is 12.3. The van der Waals surface area contributed by atoms with E-state index < -0.39 is 26.4 Å². The number of nitrogens with zero attached hydrogens (tertiary/aromatic N) is 3. The van der Waals surface area contributed by atoms with E-state index >= 15 is 0 Å². The number of carbonyl (C=O) groups excluding carboxylic acids is 1. The van der Waals surface area contributed by atoms with Gasteiger partial charge in [0.25, 0.3) is 11.6 Å². The molecule has 0 aliphatic heterocycles. The molecular weight excluding hydrogens is 336 g/mol. The number of hydrogen-bond donors (Lipinski definition) is 1. The molecule has 1 aromatic carbocycles. The van der Waals surface area contributed by atoms with Crippen molar-refractivity contribution >= 4 is 21.4 Å². The Bertz CT molecular complexity index is 861. The molecule has 9 nitrogen and oxygen atoms in total. The van der Waals surface area contributed by atoms with Crippen LogP contribution in [0.25, 0.3) is 0 Å². The van der Waals surface area contributed by atoms with Gasteiger partial charge in [0, 0.05) is 48.9 Å². The van der Waals surface area contributed by atoms with Gasteiger partial charge in [-0.3, -0.25) is 14.9 Å². The molecule has 1 atom stereocenters. The first-order valence-corrected chi connectivity index (χ1v) is 8.82. The van der Waals surface area contributed by atoms with Crippen LogP contribution in [0.3, 0.4) is 0 Å². The molecule has 0 radical (unpaired) electrons. The predicted molar refractivity (Wildman–Crippen MR) is 85.4 cm³/mol. The van der Waals surface area contributed by atoms with E-state index in [0.717, 1.165) is 24.5 Å². The quantitative estimate of drug-likeness (QED) is 0.611. The van der Waals surface area contributed by atoms with Gasteiger partial charge in [-0.15, -0.1) is 0 Å². The Kier molecular flexibility index (Phi) is 4.98. The maximum absolute atomic E-state index is 12.3. The number of carbonyl (C=O) groups is 1. The van der Waals surface area contributed by atoms with Crippen molar-refractivity contribution in [1.29, 1.82) is 0 Å². The summed E-state index contributed by atoms with van der Waals surface area (Å²) < 4.78 is 25.1. The van der Waals surface area contributed by atoms with Gasteiger partial charge in [-0.05, 0) is 13.0 Å². The van der Waals surface area contributed by atoms with E-state index in [1.54, 1.807) is 30.2 Å². The number of sulfone groups is 1. The van der Waals surface area contributed by atoms with Crippen LogP contribution in [-0.4, -0.2) is 41.1 Å². The molecule has 1 heterocycles. The fourth-order valence-corrected chi connectivity index (χ4v) is 2.77. The number of aromatic nitrogens is 2. The lowest BCUT2D eigenvalue weighted by atomic mass is 10.1. The lowest BCUT2D eigenvalue weighted by Gasteiger charge is -2.14. The van der Waals surface area contributed by atoms with Crippen molar-refractivity contribution in [3.8, 4) is 0 Å². The lowest BCUT2D eigenvalue weighted by Crippen LogP contribution is -2.35. The molecule has 1 amide bonds. The molecule has 0 saturated carbocycles. The highest BCUT2D eigenvalue weighted by Crippen LogP contribution is 2.21. The summed E-state index contributed by atoms with van der Waals surface area (Å²) in [4.78, 5) is 26.1. The molecular formula is C14H16N4O5S. The van der Waals surface area contributed by atoms with Crippen molar-refractivity contribution in [2.75, 3.05) is 6.26 Å². The summed E-state index contributed by atoms with van der Waals surface area (Å²) in [5.74, 6) is -0.587. The second-order valence-electron chi connectivity index (χ2n) is 5.38. The van der Waals surface area contributed by atoms with Crippen molar-refractivity contribution in [2.45, 2.75) is 24.4 Å². The number of benzene rings is 1. The molecule has 0 spiro atoms. The fraction of sp³-hybridized carbons (Fsp3) is 0.286. The van der Waals surface area contributed by atoms with Gasteiger partial charge in [0.05, 0.1) is 16.1 Å². The number of non-ortho nitro benzene ring substituents is 1. The minimum atomic E-state index is -3.68. The molecule has 2 aromatic rings. The molecule has 0 saturated heterocycles. The smallest absolute Gasteiger partial charge is 0.271 e. The predicted octanol–water partition coefficient (Wildman–Crippen LogP) is 1.01. The van der Waals surface area contributed by atoms with Gasteiger partial charge >= 0.3 is 0 Å². The standard InChI is InChI=1S/C14H16N4O5S/c1-10(8-17-4-3-15-9-17)16-14(19)11-5-12(18(20)21)7-13(6-11)24(2,22)23/h3-7,9-10H,8H2,1-2H3,(H,16,19). The fourth-order valence-electron chi connectivity index (χ4n) is 2.10. The third-order valence-corrected chi connectivity index (χ3v) is 4.31. The van der Waals surface area contributed by atoms with Gasteiger partial charge in [0.15, 0.2) is 9.84 Å². The zero-order valence-electron chi connectivity index (χ0n) is 13.0. The number of imidazole rings is 1. The zero-order chi connectivity index (χ0) is 17.9. The first-order chi connectivity index (χ1) is 11.2. The highest BCUT2D eigenvalue weighted by molar-refractivity contribution is 7.90. The Hall–Kier alpha value is -2.75. The van der Waals surface area contributed by atoms with Crippen molar-refractivity contribution in [2.24, 2.45) is 0 Å². The lowest BCUT2D eigenvalue weighted by molar-refractivity contribution is -0.385. The first-order valence-electron chi connectivity index (χ1n) is 6.93. The molecule has 0 aliphatic rings. The monoisotopic (exact) mass is 352 g/mol. The van der Waals surface area contributed by atoms with Gasteiger partial charge in [-0.1, -0.05) is 0 Å². The molecule has 1 N–H and O–H groups in total. The average molecular weight is 352 g/mol. The van der Waals surface area contributed by atoms with E-state index in [0.29, 0.717) is 6.54 Å². The zero-order valence-corrected chi connectivity index (χ0v) is 13.9. The summed E-state index contributed by atoms with van der Waals surface area (Å²) in [7, 11) is -3.68. The Balaban J connectivity index is 2.24. The van der Waals surface area contributed by atoms with Gasteiger partial charge in [-0.25, -0.2) is 13.4 Å². The van der Waals surface area contributed by atoms with Crippen LogP contribution in [0.1, 0.15) is 17.3 Å². The number of nitro groups is 1. The van der Waals surface area contributed by atoms with E-state index in [1.807, 2.05) is 0 Å². The number of rotatable bonds is 6. The molecule has 10 heteroatoms. The number of amides is 1. The van der Waals surface area contributed by atoms with Crippen molar-refractivity contribution in [3.63, 3.8) is 0 Å². The van der Waals surface area contributed by atoms with Gasteiger partial charge in [0.2, 0.25) is 0 Å². The van der Waals surface area contributed by atoms with Crippen LogP contribution in [0.2, 0.25) is 0 Å². The Morgan fingerprint density at radius 2 is 2.12 bits per heavy atom. The van der Waals surface area contributed by atoms with Crippen LogP contribution in [0, 0.1) is 10.1 Å². The largest absolute Gasteiger partial charge is 0.348 e. The van der Waals surface area contributed by atoms with Crippen LogP contribution >= 0.6 is 0 Å². The highest BCUT2D eigenvalue weighted by Gasteiger charge is 2.20. The van der Waals surface area contributed by atoms with Gasteiger partial charge in [0.1, 0.15) is 0 Å². The van der Waals surface area contributed by atoms with Crippen LogP contribution in [-0.2, 0) is 16.4 Å². The van der Waals surface area contributed by atoms with Crippen molar-refractivity contribution < 1.29 is 18.1 Å². The van der Waals surface area contributed by atoms with Gasteiger partial charge in [-0.2, -0.15) is 0 Å². The maximum Gasteiger partial charge on any atom is 0.271 e. The molecule has 0 fully saturated rings. The van der Waals surface area contributed by atoms with Crippen molar-refractivity contribution in [3.05, 3.63) is 52.6 Å². The van der Waals surface area contributed by atoms with Crippen LogP contribution < -0.4 is 5.32 Å². The highest BCUT2D eigenvalue weighted by atomic mass is 32.2. The topological polar surface area (TPSA) is 124 Å². The molecule has 1 unspecified atom stereocenters. The number of nitro benzene ring substituents is 1. The van der Waals surface area contributed by atoms with E-state index in [2.05, 4.69) is 10.3 Å². The molecule has 2 rings (SSSR count). The molecule has 0 aliphatic carbocycles. The number of nitrogens with one attached hydrogen (secondary N) is 1. The Labute approximate surface area is 138 Å². The minimum Gasteiger partial charge on any atom is -0.348 e. The first kappa shape index (κ1) is 17.6. The second kappa shape index (κ2) is 6.79. The van der Waals surface area contributed by atoms with E-state index in [9.17, 15) is 23.3 Å². The number of hydrogen-bond acceptors (Lipinski definition) is 6. The summed E-state index contributed by atoms with van der Waals surface area (Å²) in [6.07, 6.45) is 5.86. The van der Waals surface area contributed by atoms with Crippen LogP contribution in [0.15, 0.2) is 41.8 Å². The summed E-state index contributed by atoms with van der Waals surface area (Å²) in [6.45, 7) is 2.21. The molecule has 0 bridgehead atoms. The summed E-state index contributed by atoms with van der Waals surface area (Å²) in [5.41, 5.74) is -0.535. The second-order valence-corrected chi connectivity index (χ2v) is 7.39. The Morgan fingerprint density at radius 3 is 2.67 bits per heavy atom. The molecule has 1 aromatic heterocycles. The molecule has 128 valence electrons. The average Bonchev–Trinajstić information content (AvgIpc) is 2.98. The summed E-state index contributed by atoms with van der Waals surface area (Å²) in [6, 6.07) is 2.82. The molecule has 24 heavy (non-hydrogen) atoms. The third kappa shape index (κ3) is 4.38. The summed E-state index contributed by atoms with van der Waals surface area (Å²) >= 11 is 0. The van der Waals surface area contributed by atoms with Crippen molar-refractivity contribution in [1.82, 2.24) is 14.9 Å². The summed E-state index contributed by atoms with van der Waals surface area (Å²) in [5, 5.41) is 13.6. The Morgan fingerprint density at radius 1 is 1.42 bits per heavy atom. The SMILES string of the molecule is CC(Cn1ccnc1)NC(=O)c1cc([N+](=O)[O-])cc(S(C)(=O)=O)c1.